The molecule has 0 spiro atoms. The summed E-state index contributed by atoms with van der Waals surface area (Å²) < 4.78 is 5.16. The van der Waals surface area contributed by atoms with Gasteiger partial charge in [0.15, 0.2) is 12.4 Å². The van der Waals surface area contributed by atoms with E-state index in [4.69, 9.17) is 4.74 Å². The molecule has 0 fully saturated rings. The van der Waals surface area contributed by atoms with Gasteiger partial charge in [0.25, 0.3) is 17.5 Å². The second-order valence-corrected chi connectivity index (χ2v) is 8.04. The molecule has 176 valence electrons. The molecular formula is C27H16N2O7. The van der Waals surface area contributed by atoms with Crippen LogP contribution < -0.4 is 4.90 Å². The molecule has 0 aliphatic carbocycles. The van der Waals surface area contributed by atoms with Gasteiger partial charge in [-0.15, -0.1) is 0 Å². The van der Waals surface area contributed by atoms with Crippen LogP contribution in [-0.4, -0.2) is 35.1 Å². The van der Waals surface area contributed by atoms with Gasteiger partial charge in [-0.1, -0.05) is 42.5 Å². The zero-order chi connectivity index (χ0) is 25.4. The number of non-ortho nitro benzene ring substituents is 1. The molecule has 0 atom stereocenters. The number of nitro benzene ring substituents is 1. The first-order chi connectivity index (χ1) is 17.3. The monoisotopic (exact) mass is 480 g/mol. The molecule has 0 unspecified atom stereocenters. The lowest BCUT2D eigenvalue weighted by atomic mass is 10.0. The van der Waals surface area contributed by atoms with Crippen LogP contribution in [-0.2, 0) is 4.74 Å². The smallest absolute Gasteiger partial charge is 0.338 e. The first-order valence-electron chi connectivity index (χ1n) is 10.8. The lowest BCUT2D eigenvalue weighted by Gasteiger charge is -2.13. The molecule has 9 nitrogen and oxygen atoms in total. The number of Topliss-reactive ketones (excluding diaryl/α,β-unsaturated/α-hetero) is 1. The molecule has 2 amide bonds. The van der Waals surface area contributed by atoms with Gasteiger partial charge in [-0.05, 0) is 41.1 Å². The van der Waals surface area contributed by atoms with Crippen molar-refractivity contribution in [3.8, 4) is 0 Å². The quantitative estimate of drug-likeness (QED) is 0.130. The molecule has 1 aliphatic heterocycles. The Morgan fingerprint density at radius 1 is 0.778 bits per heavy atom. The summed E-state index contributed by atoms with van der Waals surface area (Å²) in [6, 6.07) is 21.7. The summed E-state index contributed by atoms with van der Waals surface area (Å²) in [6.07, 6.45) is 0. The molecule has 1 heterocycles. The number of carbonyl (C=O) groups is 4. The number of hydrogen-bond donors (Lipinski definition) is 0. The van der Waals surface area contributed by atoms with Crippen molar-refractivity contribution in [2.45, 2.75) is 0 Å². The van der Waals surface area contributed by atoms with Crippen molar-refractivity contribution < 1.29 is 28.8 Å². The minimum Gasteiger partial charge on any atom is -0.454 e. The number of esters is 1. The van der Waals surface area contributed by atoms with Crippen molar-refractivity contribution in [1.29, 1.82) is 0 Å². The van der Waals surface area contributed by atoms with Crippen molar-refractivity contribution in [3.63, 3.8) is 0 Å². The number of ketones is 1. The van der Waals surface area contributed by atoms with Crippen LogP contribution in [0, 0.1) is 10.1 Å². The summed E-state index contributed by atoms with van der Waals surface area (Å²) in [5.74, 6) is -2.61. The average molecular weight is 480 g/mol. The second kappa shape index (κ2) is 8.88. The third-order valence-electron chi connectivity index (χ3n) is 5.83. The number of fused-ring (bicyclic) bond motifs is 2. The van der Waals surface area contributed by atoms with Gasteiger partial charge < -0.3 is 4.74 Å². The summed E-state index contributed by atoms with van der Waals surface area (Å²) in [5.41, 5.74) is 0.160. The number of rotatable bonds is 6. The molecule has 0 radical (unpaired) electrons. The number of amides is 2. The third kappa shape index (κ3) is 3.98. The molecule has 0 bridgehead atoms. The first-order valence-corrected chi connectivity index (χ1v) is 10.8. The zero-order valence-electron chi connectivity index (χ0n) is 18.5. The molecule has 36 heavy (non-hydrogen) atoms. The van der Waals surface area contributed by atoms with Crippen molar-refractivity contribution in [2.75, 3.05) is 11.5 Å². The SMILES string of the molecule is O=C(COC(=O)c1ccc2c(c1)C(=O)N(c1cccc([N+](=O)[O-])c1)C2=O)c1ccc2ccccc2c1. The predicted molar refractivity (Wildman–Crippen MR) is 129 cm³/mol. The highest BCUT2D eigenvalue weighted by atomic mass is 16.6. The zero-order valence-corrected chi connectivity index (χ0v) is 18.5. The second-order valence-electron chi connectivity index (χ2n) is 8.04. The summed E-state index contributed by atoms with van der Waals surface area (Å²) in [5, 5.41) is 12.9. The number of anilines is 1. The first kappa shape index (κ1) is 22.6. The highest BCUT2D eigenvalue weighted by molar-refractivity contribution is 6.34. The minimum absolute atomic E-state index is 0.0119. The van der Waals surface area contributed by atoms with Crippen molar-refractivity contribution in [1.82, 2.24) is 0 Å². The molecule has 0 saturated carbocycles. The normalized spacial score (nSPS) is 12.5. The molecule has 4 aromatic carbocycles. The third-order valence-corrected chi connectivity index (χ3v) is 5.83. The van der Waals surface area contributed by atoms with Crippen LogP contribution in [0.1, 0.15) is 41.4 Å². The van der Waals surface area contributed by atoms with Crippen molar-refractivity contribution in [3.05, 3.63) is 117 Å². The fourth-order valence-corrected chi connectivity index (χ4v) is 4.01. The lowest BCUT2D eigenvalue weighted by molar-refractivity contribution is -0.384. The van der Waals surface area contributed by atoms with Gasteiger partial charge in [-0.3, -0.25) is 24.5 Å². The van der Waals surface area contributed by atoms with E-state index in [2.05, 4.69) is 0 Å². The Balaban J connectivity index is 1.32. The number of nitrogens with zero attached hydrogens (tertiary/aromatic N) is 2. The van der Waals surface area contributed by atoms with E-state index in [0.29, 0.717) is 5.56 Å². The molecule has 5 rings (SSSR count). The maximum absolute atomic E-state index is 13.0. The number of hydrogen-bond acceptors (Lipinski definition) is 7. The van der Waals surface area contributed by atoms with E-state index in [9.17, 15) is 29.3 Å². The maximum atomic E-state index is 13.0. The Hall–Kier alpha value is -5.18. The number of ether oxygens (including phenoxy) is 1. The van der Waals surface area contributed by atoms with Gasteiger partial charge in [-0.2, -0.15) is 0 Å². The lowest BCUT2D eigenvalue weighted by Crippen LogP contribution is -2.29. The molecule has 9 heteroatoms. The van der Waals surface area contributed by atoms with Gasteiger partial charge in [0, 0.05) is 17.7 Å². The predicted octanol–water partition coefficient (Wildman–Crippen LogP) is 4.59. The molecule has 1 aliphatic rings. The summed E-state index contributed by atoms with van der Waals surface area (Å²) >= 11 is 0. The van der Waals surface area contributed by atoms with Crippen molar-refractivity contribution in [2.24, 2.45) is 0 Å². The summed E-state index contributed by atoms with van der Waals surface area (Å²) in [6.45, 7) is -0.499. The average Bonchev–Trinajstić information content (AvgIpc) is 3.15. The fourth-order valence-electron chi connectivity index (χ4n) is 4.01. The molecular weight excluding hydrogens is 464 g/mol. The molecule has 4 aromatic rings. The van der Waals surface area contributed by atoms with E-state index in [0.717, 1.165) is 21.7 Å². The van der Waals surface area contributed by atoms with Crippen LogP contribution in [0.2, 0.25) is 0 Å². The highest BCUT2D eigenvalue weighted by Gasteiger charge is 2.37. The Labute approximate surface area is 203 Å². The van der Waals surface area contributed by atoms with Gasteiger partial charge in [0.2, 0.25) is 0 Å². The van der Waals surface area contributed by atoms with E-state index < -0.39 is 35.1 Å². The van der Waals surface area contributed by atoms with Gasteiger partial charge in [-0.25, -0.2) is 9.69 Å². The number of nitro groups is 1. The van der Waals surface area contributed by atoms with E-state index in [1.807, 2.05) is 24.3 Å². The van der Waals surface area contributed by atoms with Crippen LogP contribution in [0.5, 0.6) is 0 Å². The molecule has 0 N–H and O–H groups in total. The van der Waals surface area contributed by atoms with E-state index >= 15 is 0 Å². The summed E-state index contributed by atoms with van der Waals surface area (Å²) in [4.78, 5) is 62.2. The molecule has 0 saturated heterocycles. The minimum atomic E-state index is -0.832. The number of imide groups is 1. The molecule has 0 aromatic heterocycles. The topological polar surface area (TPSA) is 124 Å². The largest absolute Gasteiger partial charge is 0.454 e. The van der Waals surface area contributed by atoms with Crippen LogP contribution in [0.15, 0.2) is 84.9 Å². The van der Waals surface area contributed by atoms with Crippen LogP contribution in [0.4, 0.5) is 11.4 Å². The number of benzene rings is 4. The van der Waals surface area contributed by atoms with Crippen molar-refractivity contribution >= 4 is 45.7 Å². The van der Waals surface area contributed by atoms with Gasteiger partial charge in [0.1, 0.15) is 0 Å². The fraction of sp³-hybridized carbons (Fsp3) is 0.0370. The highest BCUT2D eigenvalue weighted by Crippen LogP contribution is 2.31. The van der Waals surface area contributed by atoms with Gasteiger partial charge >= 0.3 is 5.97 Å². The summed E-state index contributed by atoms with van der Waals surface area (Å²) in [7, 11) is 0. The Kier molecular flexibility index (Phi) is 5.57. The standard InChI is InChI=1S/C27H16N2O7/c30-24(18-9-8-16-4-1-2-5-17(16)12-18)15-36-27(33)19-10-11-22-23(13-19)26(32)28(25(22)31)20-6-3-7-21(14-20)29(34)35/h1-14H,15H2. The number of carbonyl (C=O) groups excluding carboxylic acids is 4. The van der Waals surface area contributed by atoms with E-state index in [1.54, 1.807) is 18.2 Å². The Morgan fingerprint density at radius 3 is 2.28 bits per heavy atom. The Morgan fingerprint density at radius 2 is 1.50 bits per heavy atom. The Bertz CT molecular complexity index is 1610. The van der Waals surface area contributed by atoms with E-state index in [1.165, 1.54) is 36.4 Å². The van der Waals surface area contributed by atoms with Crippen LogP contribution in [0.3, 0.4) is 0 Å². The van der Waals surface area contributed by atoms with Crippen LogP contribution in [0.25, 0.3) is 10.8 Å². The van der Waals surface area contributed by atoms with E-state index in [-0.39, 0.29) is 28.1 Å². The van der Waals surface area contributed by atoms with Gasteiger partial charge in [0.05, 0.1) is 27.3 Å². The maximum Gasteiger partial charge on any atom is 0.338 e. The van der Waals surface area contributed by atoms with Crippen LogP contribution >= 0.6 is 0 Å².